The summed E-state index contributed by atoms with van der Waals surface area (Å²) in [5.74, 6) is -0.546. The van der Waals surface area contributed by atoms with Crippen LogP contribution in [0, 0.1) is 5.82 Å². The Morgan fingerprint density at radius 1 is 1.26 bits per heavy atom. The van der Waals surface area contributed by atoms with Gasteiger partial charge in [0.15, 0.2) is 5.76 Å². The highest BCUT2D eigenvalue weighted by molar-refractivity contribution is 5.95. The van der Waals surface area contributed by atoms with Crippen molar-refractivity contribution in [3.63, 3.8) is 0 Å². The molecule has 1 atom stereocenters. The Balaban J connectivity index is 1.61. The Kier molecular flexibility index (Phi) is 4.41. The minimum atomic E-state index is -0.493. The number of furan rings is 1. The predicted octanol–water partition coefficient (Wildman–Crippen LogP) is 2.34. The van der Waals surface area contributed by atoms with Gasteiger partial charge in [0.1, 0.15) is 11.9 Å². The van der Waals surface area contributed by atoms with E-state index < -0.39 is 6.04 Å². The smallest absolute Gasteiger partial charge is 0.290 e. The number of carbonyl (C=O) groups is 2. The van der Waals surface area contributed by atoms with E-state index in [-0.39, 0.29) is 23.4 Å². The van der Waals surface area contributed by atoms with Crippen LogP contribution in [0.5, 0.6) is 0 Å². The number of hydrogen-bond acceptors (Lipinski definition) is 3. The monoisotopic (exact) mass is 316 g/mol. The number of benzene rings is 1. The molecular formula is C17H17FN2O3. The van der Waals surface area contributed by atoms with Crippen molar-refractivity contribution in [1.29, 1.82) is 0 Å². The summed E-state index contributed by atoms with van der Waals surface area (Å²) in [4.78, 5) is 26.2. The van der Waals surface area contributed by atoms with Crippen molar-refractivity contribution in [2.24, 2.45) is 0 Å². The molecule has 1 saturated heterocycles. The van der Waals surface area contributed by atoms with Crippen molar-refractivity contribution in [2.45, 2.75) is 25.4 Å². The molecule has 0 spiro atoms. The van der Waals surface area contributed by atoms with E-state index in [1.165, 1.54) is 18.4 Å². The third-order valence-electron chi connectivity index (χ3n) is 3.93. The maximum absolute atomic E-state index is 12.9. The first kappa shape index (κ1) is 15.3. The molecular weight excluding hydrogens is 299 g/mol. The van der Waals surface area contributed by atoms with Gasteiger partial charge in [0.25, 0.3) is 5.91 Å². The molecule has 0 radical (unpaired) electrons. The van der Waals surface area contributed by atoms with Gasteiger partial charge in [0.2, 0.25) is 5.91 Å². The minimum absolute atomic E-state index is 0.202. The van der Waals surface area contributed by atoms with Gasteiger partial charge in [0, 0.05) is 13.1 Å². The predicted molar refractivity (Wildman–Crippen MR) is 81.0 cm³/mol. The Morgan fingerprint density at radius 3 is 2.74 bits per heavy atom. The van der Waals surface area contributed by atoms with Crippen LogP contribution in [0.3, 0.4) is 0 Å². The van der Waals surface area contributed by atoms with Crippen LogP contribution in [0.2, 0.25) is 0 Å². The lowest BCUT2D eigenvalue weighted by molar-refractivity contribution is -0.125. The van der Waals surface area contributed by atoms with Crippen LogP contribution in [-0.4, -0.2) is 29.3 Å². The zero-order valence-corrected chi connectivity index (χ0v) is 12.5. The summed E-state index contributed by atoms with van der Waals surface area (Å²) >= 11 is 0. The quantitative estimate of drug-likeness (QED) is 0.942. The van der Waals surface area contributed by atoms with Gasteiger partial charge in [-0.25, -0.2) is 4.39 Å². The summed E-state index contributed by atoms with van der Waals surface area (Å²) in [7, 11) is 0. The molecule has 23 heavy (non-hydrogen) atoms. The van der Waals surface area contributed by atoms with Crippen LogP contribution in [0.4, 0.5) is 4.39 Å². The Morgan fingerprint density at radius 2 is 2.04 bits per heavy atom. The van der Waals surface area contributed by atoms with E-state index in [9.17, 15) is 14.0 Å². The maximum Gasteiger partial charge on any atom is 0.290 e. The first-order chi connectivity index (χ1) is 11.1. The van der Waals surface area contributed by atoms with Gasteiger partial charge in [0.05, 0.1) is 6.26 Å². The molecule has 2 heterocycles. The number of likely N-dealkylation sites (tertiary alicyclic amines) is 1. The molecule has 0 bridgehead atoms. The topological polar surface area (TPSA) is 62.6 Å². The van der Waals surface area contributed by atoms with Gasteiger partial charge in [-0.1, -0.05) is 12.1 Å². The van der Waals surface area contributed by atoms with Gasteiger partial charge in [-0.05, 0) is 42.7 Å². The number of rotatable bonds is 4. The standard InChI is InChI=1S/C17H17FN2O3/c18-13-7-5-12(6-8-13)11-19-16(21)14-3-1-9-20(14)17(22)15-4-2-10-23-15/h2,4-8,10,14H,1,3,9,11H2,(H,19,21). The van der Waals surface area contributed by atoms with Crippen LogP contribution < -0.4 is 5.32 Å². The molecule has 2 amide bonds. The first-order valence-corrected chi connectivity index (χ1v) is 7.52. The van der Waals surface area contributed by atoms with Crippen LogP contribution in [0.25, 0.3) is 0 Å². The minimum Gasteiger partial charge on any atom is -0.459 e. The lowest BCUT2D eigenvalue weighted by atomic mass is 10.2. The van der Waals surface area contributed by atoms with Gasteiger partial charge >= 0.3 is 0 Å². The first-order valence-electron chi connectivity index (χ1n) is 7.52. The van der Waals surface area contributed by atoms with Crippen LogP contribution in [0.1, 0.15) is 29.0 Å². The maximum atomic E-state index is 12.9. The van der Waals surface area contributed by atoms with Gasteiger partial charge in [-0.15, -0.1) is 0 Å². The van der Waals surface area contributed by atoms with E-state index in [0.717, 1.165) is 12.0 Å². The Hall–Kier alpha value is -2.63. The van der Waals surface area contributed by atoms with Gasteiger partial charge in [-0.3, -0.25) is 9.59 Å². The van der Waals surface area contributed by atoms with Crippen LogP contribution >= 0.6 is 0 Å². The molecule has 0 saturated carbocycles. The molecule has 1 aliphatic heterocycles. The highest BCUT2D eigenvalue weighted by atomic mass is 19.1. The fraction of sp³-hybridized carbons (Fsp3) is 0.294. The summed E-state index contributed by atoms with van der Waals surface area (Å²) < 4.78 is 18.0. The molecule has 0 aliphatic carbocycles. The molecule has 1 aliphatic rings. The zero-order chi connectivity index (χ0) is 16.2. The molecule has 120 valence electrons. The molecule has 1 unspecified atom stereocenters. The fourth-order valence-corrected chi connectivity index (χ4v) is 2.73. The lowest BCUT2D eigenvalue weighted by Crippen LogP contribution is -2.45. The summed E-state index contributed by atoms with van der Waals surface area (Å²) in [6.45, 7) is 0.840. The van der Waals surface area contributed by atoms with Crippen molar-refractivity contribution in [3.05, 3.63) is 59.8 Å². The number of halogens is 1. The van der Waals surface area contributed by atoms with Crippen LogP contribution in [-0.2, 0) is 11.3 Å². The van der Waals surface area contributed by atoms with E-state index in [2.05, 4.69) is 5.32 Å². The highest BCUT2D eigenvalue weighted by Gasteiger charge is 2.35. The molecule has 1 N–H and O–H groups in total. The van der Waals surface area contributed by atoms with E-state index >= 15 is 0 Å². The van der Waals surface area contributed by atoms with E-state index in [1.807, 2.05) is 0 Å². The average Bonchev–Trinajstić information content (AvgIpc) is 3.24. The summed E-state index contributed by atoms with van der Waals surface area (Å²) in [6.07, 6.45) is 2.84. The average molecular weight is 316 g/mol. The van der Waals surface area contributed by atoms with Gasteiger partial charge < -0.3 is 14.6 Å². The third kappa shape index (κ3) is 3.41. The lowest BCUT2D eigenvalue weighted by Gasteiger charge is -2.23. The Bertz CT molecular complexity index is 682. The number of carbonyl (C=O) groups excluding carboxylic acids is 2. The normalized spacial score (nSPS) is 17.3. The van der Waals surface area contributed by atoms with E-state index in [0.29, 0.717) is 19.5 Å². The molecule has 6 heteroatoms. The highest BCUT2D eigenvalue weighted by Crippen LogP contribution is 2.20. The molecule has 2 aromatic rings. The number of amides is 2. The summed E-state index contributed by atoms with van der Waals surface area (Å²) in [5.41, 5.74) is 0.807. The third-order valence-corrected chi connectivity index (χ3v) is 3.93. The molecule has 1 aromatic heterocycles. The summed E-state index contributed by atoms with van der Waals surface area (Å²) in [6, 6.07) is 8.69. The fourth-order valence-electron chi connectivity index (χ4n) is 2.73. The van der Waals surface area contributed by atoms with Crippen LogP contribution in [0.15, 0.2) is 47.1 Å². The Labute approximate surface area is 133 Å². The van der Waals surface area contributed by atoms with Crippen molar-refractivity contribution in [3.8, 4) is 0 Å². The summed E-state index contributed by atoms with van der Waals surface area (Å²) in [5, 5.41) is 2.80. The van der Waals surface area contributed by atoms with E-state index in [1.54, 1.807) is 29.2 Å². The van der Waals surface area contributed by atoms with E-state index in [4.69, 9.17) is 4.42 Å². The van der Waals surface area contributed by atoms with Crippen molar-refractivity contribution in [2.75, 3.05) is 6.54 Å². The van der Waals surface area contributed by atoms with Gasteiger partial charge in [-0.2, -0.15) is 0 Å². The second-order valence-corrected chi connectivity index (χ2v) is 5.48. The largest absolute Gasteiger partial charge is 0.459 e. The van der Waals surface area contributed by atoms with Crippen molar-refractivity contribution in [1.82, 2.24) is 10.2 Å². The van der Waals surface area contributed by atoms with Crippen molar-refractivity contribution >= 4 is 11.8 Å². The van der Waals surface area contributed by atoms with Crippen molar-refractivity contribution < 1.29 is 18.4 Å². The SMILES string of the molecule is O=C(NCc1ccc(F)cc1)C1CCCN1C(=O)c1ccco1. The number of hydrogen-bond donors (Lipinski definition) is 1. The molecule has 1 aromatic carbocycles. The molecule has 1 fully saturated rings. The molecule has 3 rings (SSSR count). The zero-order valence-electron chi connectivity index (χ0n) is 12.5. The number of nitrogens with zero attached hydrogens (tertiary/aromatic N) is 1. The second kappa shape index (κ2) is 6.64. The number of nitrogens with one attached hydrogen (secondary N) is 1. The second-order valence-electron chi connectivity index (χ2n) is 5.48. The molecule has 5 nitrogen and oxygen atoms in total.